The first-order chi connectivity index (χ1) is 12.2. The maximum absolute atomic E-state index is 13.5. The van der Waals surface area contributed by atoms with Gasteiger partial charge in [0.15, 0.2) is 33.0 Å². The minimum Gasteiger partial charge on any atom is -0.453 e. The lowest BCUT2D eigenvalue weighted by atomic mass is 10.2. The van der Waals surface area contributed by atoms with Crippen LogP contribution in [0.4, 0.5) is 13.2 Å². The van der Waals surface area contributed by atoms with E-state index in [2.05, 4.69) is 5.10 Å². The molecule has 1 aromatic heterocycles. The molecule has 2 saturated carbocycles. The van der Waals surface area contributed by atoms with Gasteiger partial charge in [0.1, 0.15) is 17.3 Å². The third kappa shape index (κ3) is 3.44. The van der Waals surface area contributed by atoms with Crippen LogP contribution in [0.1, 0.15) is 48.9 Å². The number of rotatable bonds is 6. The standard InChI is InChI=1S/C17H17F3N2O3S/c1-26(23,24)8-22-16(10-4-5-10)17(15(21-22)9-2-3-9)25-11-6-12(18)14(20)13(19)7-11/h6-7,9-10H,2-5,8H2,1H3. The van der Waals surface area contributed by atoms with Crippen LogP contribution >= 0.6 is 0 Å². The highest BCUT2D eigenvalue weighted by atomic mass is 32.2. The summed E-state index contributed by atoms with van der Waals surface area (Å²) in [5.74, 6) is -4.12. The Morgan fingerprint density at radius 1 is 1.12 bits per heavy atom. The average Bonchev–Trinajstić information content (AvgIpc) is 3.42. The zero-order valence-electron chi connectivity index (χ0n) is 14.0. The maximum atomic E-state index is 13.5. The van der Waals surface area contributed by atoms with E-state index >= 15 is 0 Å². The number of nitrogens with zero attached hydrogens (tertiary/aromatic N) is 2. The van der Waals surface area contributed by atoms with E-state index in [0.29, 0.717) is 17.1 Å². The number of aromatic nitrogens is 2. The predicted octanol–water partition coefficient (Wildman–Crippen LogP) is 3.85. The van der Waals surface area contributed by atoms with Crippen LogP contribution in [0.3, 0.4) is 0 Å². The lowest BCUT2D eigenvalue weighted by Crippen LogP contribution is -2.13. The summed E-state index contributed by atoms with van der Waals surface area (Å²) < 4.78 is 70.9. The van der Waals surface area contributed by atoms with Gasteiger partial charge in [-0.1, -0.05) is 0 Å². The van der Waals surface area contributed by atoms with Crippen LogP contribution in [0.15, 0.2) is 12.1 Å². The van der Waals surface area contributed by atoms with Crippen LogP contribution in [-0.4, -0.2) is 24.5 Å². The van der Waals surface area contributed by atoms with Crippen molar-refractivity contribution in [1.29, 1.82) is 0 Å². The van der Waals surface area contributed by atoms with E-state index < -0.39 is 27.3 Å². The summed E-state index contributed by atoms with van der Waals surface area (Å²) in [6, 6.07) is 1.55. The summed E-state index contributed by atoms with van der Waals surface area (Å²) >= 11 is 0. The van der Waals surface area contributed by atoms with Gasteiger partial charge in [-0.25, -0.2) is 26.3 Å². The first-order valence-corrected chi connectivity index (χ1v) is 10.4. The summed E-state index contributed by atoms with van der Waals surface area (Å²) in [5, 5.41) is 4.43. The largest absolute Gasteiger partial charge is 0.453 e. The molecule has 2 aromatic rings. The SMILES string of the molecule is CS(=O)(=O)Cn1nc(C2CC2)c(Oc2cc(F)c(F)c(F)c2)c1C1CC1. The number of hydrogen-bond acceptors (Lipinski definition) is 4. The Bertz CT molecular complexity index is 956. The van der Waals surface area contributed by atoms with Crippen molar-refractivity contribution in [3.63, 3.8) is 0 Å². The summed E-state index contributed by atoms with van der Waals surface area (Å²) in [6.07, 6.45) is 4.63. The van der Waals surface area contributed by atoms with E-state index in [1.165, 1.54) is 4.68 Å². The van der Waals surface area contributed by atoms with Gasteiger partial charge in [0.25, 0.3) is 0 Å². The van der Waals surface area contributed by atoms with Crippen LogP contribution in [-0.2, 0) is 15.7 Å². The molecule has 2 aliphatic carbocycles. The minimum atomic E-state index is -3.33. The lowest BCUT2D eigenvalue weighted by Gasteiger charge is -2.10. The molecule has 2 fully saturated rings. The summed E-state index contributed by atoms with van der Waals surface area (Å²) in [7, 11) is -3.33. The van der Waals surface area contributed by atoms with Gasteiger partial charge < -0.3 is 4.74 Å². The molecule has 1 aromatic carbocycles. The van der Waals surface area contributed by atoms with Crippen LogP contribution in [0, 0.1) is 17.5 Å². The molecule has 0 unspecified atom stereocenters. The molecule has 0 bridgehead atoms. The van der Waals surface area contributed by atoms with Gasteiger partial charge in [-0.2, -0.15) is 5.10 Å². The fourth-order valence-electron chi connectivity index (χ4n) is 2.99. The monoisotopic (exact) mass is 386 g/mol. The molecule has 140 valence electrons. The Hall–Kier alpha value is -2.03. The van der Waals surface area contributed by atoms with Crippen molar-refractivity contribution < 1.29 is 26.3 Å². The van der Waals surface area contributed by atoms with E-state index in [0.717, 1.165) is 44.1 Å². The number of sulfone groups is 1. The Morgan fingerprint density at radius 2 is 1.69 bits per heavy atom. The first-order valence-electron chi connectivity index (χ1n) is 8.33. The average molecular weight is 386 g/mol. The molecular formula is C17H17F3N2O3S. The zero-order valence-corrected chi connectivity index (χ0v) is 14.8. The molecule has 0 saturated heterocycles. The van der Waals surface area contributed by atoms with Gasteiger partial charge in [-0.05, 0) is 25.7 Å². The fourth-order valence-corrected chi connectivity index (χ4v) is 3.63. The smallest absolute Gasteiger partial charge is 0.194 e. The quantitative estimate of drug-likeness (QED) is 0.708. The van der Waals surface area contributed by atoms with Crippen molar-refractivity contribution in [2.45, 2.75) is 43.4 Å². The number of ether oxygens (including phenoxy) is 1. The highest BCUT2D eigenvalue weighted by Gasteiger charge is 2.39. The Balaban J connectivity index is 1.79. The number of benzene rings is 1. The third-order valence-corrected chi connectivity index (χ3v) is 5.15. The normalized spacial score (nSPS) is 17.5. The molecule has 0 radical (unpaired) electrons. The van der Waals surface area contributed by atoms with E-state index in [1.807, 2.05) is 0 Å². The van der Waals surface area contributed by atoms with Crippen molar-refractivity contribution in [1.82, 2.24) is 9.78 Å². The molecule has 4 rings (SSSR count). The number of hydrogen-bond donors (Lipinski definition) is 0. The molecule has 5 nitrogen and oxygen atoms in total. The molecular weight excluding hydrogens is 369 g/mol. The Labute approximate surface area is 148 Å². The van der Waals surface area contributed by atoms with Gasteiger partial charge in [0, 0.05) is 30.2 Å². The summed E-state index contributed by atoms with van der Waals surface area (Å²) in [4.78, 5) is 0. The molecule has 9 heteroatoms. The van der Waals surface area contributed by atoms with E-state index in [-0.39, 0.29) is 23.5 Å². The van der Waals surface area contributed by atoms with E-state index in [9.17, 15) is 21.6 Å². The number of halogens is 3. The summed E-state index contributed by atoms with van der Waals surface area (Å²) in [5.41, 5.74) is 1.23. The van der Waals surface area contributed by atoms with Crippen LogP contribution in [0.2, 0.25) is 0 Å². The van der Waals surface area contributed by atoms with Crippen LogP contribution in [0.25, 0.3) is 0 Å². The van der Waals surface area contributed by atoms with Crippen molar-refractivity contribution >= 4 is 9.84 Å². The molecule has 0 aliphatic heterocycles. The molecule has 0 N–H and O–H groups in total. The van der Waals surface area contributed by atoms with E-state index in [4.69, 9.17) is 4.74 Å². The molecule has 2 aliphatic rings. The second-order valence-electron chi connectivity index (χ2n) is 7.01. The first kappa shape index (κ1) is 17.4. The predicted molar refractivity (Wildman–Crippen MR) is 87.4 cm³/mol. The van der Waals surface area contributed by atoms with Crippen molar-refractivity contribution in [3.05, 3.63) is 41.0 Å². The van der Waals surface area contributed by atoms with Gasteiger partial charge in [-0.15, -0.1) is 0 Å². The lowest BCUT2D eigenvalue weighted by molar-refractivity contribution is 0.420. The van der Waals surface area contributed by atoms with E-state index in [1.54, 1.807) is 0 Å². The minimum absolute atomic E-state index is 0.0990. The van der Waals surface area contributed by atoms with Crippen LogP contribution in [0.5, 0.6) is 11.5 Å². The zero-order chi connectivity index (χ0) is 18.6. The summed E-state index contributed by atoms with van der Waals surface area (Å²) in [6.45, 7) is 0. The van der Waals surface area contributed by atoms with Crippen molar-refractivity contribution in [2.75, 3.05) is 6.26 Å². The second-order valence-corrected chi connectivity index (χ2v) is 9.12. The fraction of sp³-hybridized carbons (Fsp3) is 0.471. The Morgan fingerprint density at radius 3 is 2.19 bits per heavy atom. The molecule has 0 spiro atoms. The molecule has 1 heterocycles. The van der Waals surface area contributed by atoms with Crippen LogP contribution < -0.4 is 4.74 Å². The van der Waals surface area contributed by atoms with Gasteiger partial charge in [0.2, 0.25) is 0 Å². The van der Waals surface area contributed by atoms with Gasteiger partial charge in [0.05, 0.1) is 5.69 Å². The topological polar surface area (TPSA) is 61.2 Å². The van der Waals surface area contributed by atoms with Gasteiger partial charge >= 0.3 is 0 Å². The third-order valence-electron chi connectivity index (χ3n) is 4.43. The Kier molecular flexibility index (Phi) is 4.02. The molecule has 0 atom stereocenters. The highest BCUT2D eigenvalue weighted by molar-refractivity contribution is 7.89. The highest BCUT2D eigenvalue weighted by Crippen LogP contribution is 2.52. The van der Waals surface area contributed by atoms with Crippen molar-refractivity contribution in [3.8, 4) is 11.5 Å². The molecule has 0 amide bonds. The van der Waals surface area contributed by atoms with Gasteiger partial charge in [-0.3, -0.25) is 0 Å². The second kappa shape index (κ2) is 6.00. The maximum Gasteiger partial charge on any atom is 0.194 e. The van der Waals surface area contributed by atoms with Crippen molar-refractivity contribution in [2.24, 2.45) is 0 Å². The molecule has 26 heavy (non-hydrogen) atoms.